The predicted octanol–water partition coefficient (Wildman–Crippen LogP) is 3.98. The number of hydrogen-bond donors (Lipinski definition) is 0. The van der Waals surface area contributed by atoms with Gasteiger partial charge < -0.3 is 4.18 Å². The fraction of sp³-hybridized carbons (Fsp3) is 0. The van der Waals surface area contributed by atoms with Gasteiger partial charge >= 0.3 is 10.1 Å². The Kier molecular flexibility index (Phi) is 4.18. The predicted molar refractivity (Wildman–Crippen MR) is 74.1 cm³/mol. The van der Waals surface area contributed by atoms with E-state index in [2.05, 4.69) is 20.9 Å². The second-order valence-electron chi connectivity index (χ2n) is 3.02. The number of thiophene rings is 1. The lowest BCUT2D eigenvalue weighted by Gasteiger charge is -2.05. The molecule has 0 N–H and O–H groups in total. The Bertz CT molecular complexity index is 673. The summed E-state index contributed by atoms with van der Waals surface area (Å²) < 4.78 is 29.5. The van der Waals surface area contributed by atoms with Crippen molar-refractivity contribution in [3.63, 3.8) is 0 Å². The van der Waals surface area contributed by atoms with E-state index in [4.69, 9.17) is 27.4 Å². The highest BCUT2D eigenvalue weighted by Gasteiger charge is 2.28. The van der Waals surface area contributed by atoms with Crippen LogP contribution in [-0.4, -0.2) is 13.4 Å². The molecule has 2 aromatic heterocycles. The van der Waals surface area contributed by atoms with Crippen LogP contribution in [0.5, 0.6) is 5.75 Å². The van der Waals surface area contributed by atoms with Crippen molar-refractivity contribution in [3.8, 4) is 5.75 Å². The third-order valence-corrected chi connectivity index (χ3v) is 6.54. The van der Waals surface area contributed by atoms with Crippen molar-refractivity contribution in [1.29, 1.82) is 0 Å². The lowest BCUT2D eigenvalue weighted by molar-refractivity contribution is 0.485. The summed E-state index contributed by atoms with van der Waals surface area (Å²) in [6, 6.07) is 3.03. The molecule has 0 aliphatic heterocycles. The molecule has 4 nitrogen and oxygen atoms in total. The van der Waals surface area contributed by atoms with E-state index >= 15 is 0 Å². The molecular weight excluding hydrogens is 385 g/mol. The minimum absolute atomic E-state index is 0.0377. The first-order chi connectivity index (χ1) is 8.42. The molecule has 0 aliphatic carbocycles. The van der Waals surface area contributed by atoms with Crippen molar-refractivity contribution in [2.45, 2.75) is 4.90 Å². The molecule has 2 aromatic rings. The molecule has 0 bridgehead atoms. The van der Waals surface area contributed by atoms with Crippen LogP contribution in [0.1, 0.15) is 0 Å². The SMILES string of the molecule is O=S(=O)(Oc1cccnc1)c1c(Cl)sc(Cl)c1Br. The van der Waals surface area contributed by atoms with E-state index in [-0.39, 0.29) is 23.8 Å². The highest BCUT2D eigenvalue weighted by Crippen LogP contribution is 2.43. The Labute approximate surface area is 126 Å². The van der Waals surface area contributed by atoms with E-state index in [1.807, 2.05) is 0 Å². The number of nitrogens with zero attached hydrogens (tertiary/aromatic N) is 1. The number of hydrogen-bond acceptors (Lipinski definition) is 5. The van der Waals surface area contributed by atoms with Crippen LogP contribution in [0.3, 0.4) is 0 Å². The number of rotatable bonds is 3. The maximum absolute atomic E-state index is 12.0. The molecule has 0 unspecified atom stereocenters. The van der Waals surface area contributed by atoms with Crippen LogP contribution < -0.4 is 4.18 Å². The third kappa shape index (κ3) is 2.80. The normalized spacial score (nSPS) is 11.5. The smallest absolute Gasteiger partial charge is 0.342 e. The zero-order chi connectivity index (χ0) is 13.3. The first kappa shape index (κ1) is 14.1. The summed E-state index contributed by atoms with van der Waals surface area (Å²) in [4.78, 5) is 3.58. The minimum atomic E-state index is -4.05. The van der Waals surface area contributed by atoms with Crippen molar-refractivity contribution in [2.75, 3.05) is 0 Å². The number of halogens is 3. The Hall–Kier alpha value is -0.340. The van der Waals surface area contributed by atoms with Gasteiger partial charge in [-0.25, -0.2) is 0 Å². The maximum atomic E-state index is 12.0. The fourth-order valence-electron chi connectivity index (χ4n) is 1.12. The second kappa shape index (κ2) is 5.34. The van der Waals surface area contributed by atoms with E-state index in [1.165, 1.54) is 18.5 Å². The van der Waals surface area contributed by atoms with Crippen LogP contribution in [0.2, 0.25) is 8.67 Å². The zero-order valence-electron chi connectivity index (χ0n) is 8.43. The lowest BCUT2D eigenvalue weighted by atomic mass is 10.5. The molecule has 18 heavy (non-hydrogen) atoms. The van der Waals surface area contributed by atoms with Gasteiger partial charge in [-0.15, -0.1) is 11.3 Å². The number of aromatic nitrogens is 1. The van der Waals surface area contributed by atoms with Crippen LogP contribution >= 0.6 is 50.5 Å². The fourth-order valence-corrected chi connectivity index (χ4v) is 5.50. The average molecular weight is 389 g/mol. The zero-order valence-corrected chi connectivity index (χ0v) is 13.2. The van der Waals surface area contributed by atoms with Crippen molar-refractivity contribution in [3.05, 3.63) is 37.7 Å². The first-order valence-electron chi connectivity index (χ1n) is 4.39. The number of pyridine rings is 1. The van der Waals surface area contributed by atoms with E-state index in [0.717, 1.165) is 11.3 Å². The average Bonchev–Trinajstić information content (AvgIpc) is 2.54. The minimum Gasteiger partial charge on any atom is -0.377 e. The molecule has 2 rings (SSSR count). The molecule has 0 amide bonds. The molecule has 96 valence electrons. The van der Waals surface area contributed by atoms with Crippen molar-refractivity contribution in [2.24, 2.45) is 0 Å². The van der Waals surface area contributed by atoms with Gasteiger partial charge in [0.25, 0.3) is 0 Å². The van der Waals surface area contributed by atoms with Gasteiger partial charge in [-0.2, -0.15) is 8.42 Å². The molecule has 0 atom stereocenters. The summed E-state index contributed by atoms with van der Waals surface area (Å²) in [5, 5.41) is 0. The lowest BCUT2D eigenvalue weighted by Crippen LogP contribution is -2.10. The Morgan fingerprint density at radius 1 is 1.33 bits per heavy atom. The molecule has 9 heteroatoms. The standard InChI is InChI=1S/C9H4BrCl2NO3S2/c10-6-7(9(12)17-8(6)11)18(14,15)16-5-2-1-3-13-4-5/h1-4H. The Morgan fingerprint density at radius 2 is 2.06 bits per heavy atom. The summed E-state index contributed by atoms with van der Waals surface area (Å²) in [6.07, 6.45) is 2.79. The van der Waals surface area contributed by atoms with E-state index in [9.17, 15) is 8.42 Å². The first-order valence-corrected chi connectivity index (χ1v) is 8.17. The van der Waals surface area contributed by atoms with E-state index in [1.54, 1.807) is 6.07 Å². The molecule has 0 radical (unpaired) electrons. The molecule has 0 aromatic carbocycles. The molecule has 0 aliphatic rings. The van der Waals surface area contributed by atoms with Crippen LogP contribution in [0.4, 0.5) is 0 Å². The van der Waals surface area contributed by atoms with Crippen LogP contribution in [-0.2, 0) is 10.1 Å². The van der Waals surface area contributed by atoms with Gasteiger partial charge in [0.15, 0.2) is 10.6 Å². The van der Waals surface area contributed by atoms with Crippen LogP contribution in [0, 0.1) is 0 Å². The highest BCUT2D eigenvalue weighted by molar-refractivity contribution is 9.10. The molecule has 2 heterocycles. The molecule has 0 saturated carbocycles. The maximum Gasteiger partial charge on any atom is 0.342 e. The van der Waals surface area contributed by atoms with Crippen molar-refractivity contribution < 1.29 is 12.6 Å². The second-order valence-corrected chi connectivity index (χ2v) is 7.52. The van der Waals surface area contributed by atoms with Gasteiger partial charge in [0.2, 0.25) is 0 Å². The van der Waals surface area contributed by atoms with Gasteiger partial charge in [-0.3, -0.25) is 4.98 Å². The summed E-state index contributed by atoms with van der Waals surface area (Å²) >= 11 is 15.6. The van der Waals surface area contributed by atoms with Gasteiger partial charge in [0, 0.05) is 6.20 Å². The Morgan fingerprint density at radius 3 is 2.56 bits per heavy atom. The van der Waals surface area contributed by atoms with Crippen LogP contribution in [0.15, 0.2) is 33.9 Å². The van der Waals surface area contributed by atoms with Crippen molar-refractivity contribution in [1.82, 2.24) is 4.98 Å². The molecule has 0 saturated heterocycles. The summed E-state index contributed by atoms with van der Waals surface area (Å²) in [5.74, 6) is 0.0998. The van der Waals surface area contributed by atoms with Crippen molar-refractivity contribution >= 4 is 60.6 Å². The largest absolute Gasteiger partial charge is 0.377 e. The quantitative estimate of drug-likeness (QED) is 0.746. The molecule has 0 spiro atoms. The monoisotopic (exact) mass is 387 g/mol. The van der Waals surface area contributed by atoms with E-state index in [0.29, 0.717) is 0 Å². The van der Waals surface area contributed by atoms with E-state index < -0.39 is 10.1 Å². The summed E-state index contributed by atoms with van der Waals surface area (Å²) in [6.45, 7) is 0. The van der Waals surface area contributed by atoms with Gasteiger partial charge in [-0.05, 0) is 28.1 Å². The third-order valence-electron chi connectivity index (χ3n) is 1.82. The summed E-state index contributed by atoms with van der Waals surface area (Å²) in [7, 11) is -4.05. The van der Waals surface area contributed by atoms with Gasteiger partial charge in [0.05, 0.1) is 10.7 Å². The van der Waals surface area contributed by atoms with Crippen LogP contribution in [0.25, 0.3) is 0 Å². The van der Waals surface area contributed by atoms with Gasteiger partial charge in [0.1, 0.15) is 8.67 Å². The Balaban J connectivity index is 2.43. The molecular formula is C9H4BrCl2NO3S2. The topological polar surface area (TPSA) is 56.3 Å². The summed E-state index contributed by atoms with van der Waals surface area (Å²) in [5.41, 5.74) is 0. The highest BCUT2D eigenvalue weighted by atomic mass is 79.9. The van der Waals surface area contributed by atoms with Gasteiger partial charge in [-0.1, -0.05) is 23.2 Å². The molecule has 0 fully saturated rings.